The summed E-state index contributed by atoms with van der Waals surface area (Å²) in [6.45, 7) is 76.5. The molecule has 8 saturated heterocycles. The van der Waals surface area contributed by atoms with Crippen molar-refractivity contribution in [3.8, 4) is 0 Å². The number of hydrogen-bond donors (Lipinski definition) is 8. The molecule has 2 saturated carbocycles. The highest BCUT2D eigenvalue weighted by atomic mass is 16.5. The van der Waals surface area contributed by atoms with Crippen LogP contribution in [0, 0.1) is 0 Å². The van der Waals surface area contributed by atoms with Gasteiger partial charge in [0, 0.05) is 13.1 Å². The van der Waals surface area contributed by atoms with Crippen LogP contribution in [0.25, 0.3) is 0 Å². The first-order valence-corrected chi connectivity index (χ1v) is 43.3. The second kappa shape index (κ2) is 52.7. The van der Waals surface area contributed by atoms with Gasteiger partial charge < -0.3 is 68.6 Å². The lowest BCUT2D eigenvalue weighted by Crippen LogP contribution is -2.41. The Morgan fingerprint density at radius 1 is 0.160 bits per heavy atom. The summed E-state index contributed by atoms with van der Waals surface area (Å²) >= 11 is 0. The third-order valence-electron chi connectivity index (χ3n) is 17.4. The van der Waals surface area contributed by atoms with Crippen molar-refractivity contribution in [1.82, 2.24) is 42.5 Å². The van der Waals surface area contributed by atoms with Crippen molar-refractivity contribution in [1.29, 1.82) is 0 Å². The molecule has 2 aliphatic carbocycles. The molecular weight excluding hydrogens is 1330 g/mol. The van der Waals surface area contributed by atoms with Crippen LogP contribution in [0.3, 0.4) is 0 Å². The number of piperidine rings is 4. The standard InChI is InChI=1S/2C10H20O.4C9H19NO.4C8H17NO/c2*1-10(2,3)11-9-7-5-4-6-8-9;2*1-9(2,3)11-8-4-6-10-7-5-8;2*1-9(2,3)11-8-6-4-5-7-10-8;2*1-8(2,3)10-7-4-5-9-6-7;2*1-8(2,3)10-7-5-4-6-9-7/h2*9H,4-8H2,1-3H3;4*8,10H,4-7H2,1-3H3;4*7,9H,4-6H2,1-3H3/t;;;;2*8-;4*7-/m....101010/s1. The van der Waals surface area contributed by atoms with E-state index in [0.29, 0.717) is 61.5 Å². The Morgan fingerprint density at radius 2 is 0.340 bits per heavy atom. The van der Waals surface area contributed by atoms with Gasteiger partial charge in [0.15, 0.2) is 0 Å². The molecule has 0 aromatic carbocycles. The SMILES string of the molecule is CC(C)(C)OC1CCCCC1.CC(C)(C)OC1CCCCC1.CC(C)(C)OC1CCNCC1.CC(C)(C)OC1CCNCC1.CC(C)(C)O[C@@H]1CCCCN1.CC(C)(C)O[C@@H]1CCCN1.CC(C)(C)O[C@@H]1CCNC1.CC(C)(C)O[C@H]1CCCCN1.CC(C)(C)O[C@H]1CCCN1.CC(C)(C)O[C@H]1CCNC1. The maximum Gasteiger partial charge on any atom is 0.108 e. The van der Waals surface area contributed by atoms with Gasteiger partial charge in [-0.2, -0.15) is 0 Å². The summed E-state index contributed by atoms with van der Waals surface area (Å²) in [5, 5.41) is 26.5. The van der Waals surface area contributed by atoms with Gasteiger partial charge in [-0.1, -0.05) is 38.5 Å². The van der Waals surface area contributed by atoms with Crippen molar-refractivity contribution in [3.05, 3.63) is 0 Å². The molecule has 0 aromatic heterocycles. The van der Waals surface area contributed by atoms with Crippen LogP contribution in [-0.2, 0) is 47.4 Å². The summed E-state index contributed by atoms with van der Waals surface area (Å²) in [4.78, 5) is 0. The highest BCUT2D eigenvalue weighted by molar-refractivity contribution is 4.80. The van der Waals surface area contributed by atoms with Gasteiger partial charge in [0.1, 0.15) is 24.9 Å². The molecule has 0 bridgehead atoms. The molecule has 8 aliphatic heterocycles. The number of rotatable bonds is 10. The monoisotopic (exact) mass is 1510 g/mol. The molecule has 10 aliphatic rings. The zero-order valence-electron chi connectivity index (χ0n) is 75.7. The van der Waals surface area contributed by atoms with Crippen molar-refractivity contribution in [2.45, 2.75) is 492 Å². The fourth-order valence-electron chi connectivity index (χ4n) is 13.7. The Labute approximate surface area is 657 Å². The molecule has 0 spiro atoms. The summed E-state index contributed by atoms with van der Waals surface area (Å²) in [5.41, 5.74) is 0.218. The lowest BCUT2D eigenvalue weighted by Gasteiger charge is -2.30. The molecule has 0 aromatic rings. The van der Waals surface area contributed by atoms with Crippen molar-refractivity contribution in [3.63, 3.8) is 0 Å². The topological polar surface area (TPSA) is 189 Å². The first-order valence-electron chi connectivity index (χ1n) is 43.3. The van der Waals surface area contributed by atoms with Crippen molar-refractivity contribution >= 4 is 0 Å². The summed E-state index contributed by atoms with van der Waals surface area (Å²) in [7, 11) is 0. The molecule has 10 rings (SSSR count). The Morgan fingerprint density at radius 3 is 0.528 bits per heavy atom. The summed E-state index contributed by atoms with van der Waals surface area (Å²) < 4.78 is 57.8. The Balaban J connectivity index is 0.000000589. The van der Waals surface area contributed by atoms with Gasteiger partial charge in [0.25, 0.3) is 0 Å². The quantitative estimate of drug-likeness (QED) is 0.103. The first-order chi connectivity index (χ1) is 48.8. The Hall–Kier alpha value is -0.720. The van der Waals surface area contributed by atoms with E-state index in [1.54, 1.807) is 0 Å². The largest absolute Gasteiger partial charge is 0.373 e. The van der Waals surface area contributed by atoms with E-state index in [4.69, 9.17) is 47.4 Å². The van der Waals surface area contributed by atoms with Gasteiger partial charge in [-0.05, 0) is 402 Å². The minimum absolute atomic E-state index is 0.00199. The highest BCUT2D eigenvalue weighted by Gasteiger charge is 2.29. The van der Waals surface area contributed by atoms with Gasteiger partial charge in [0.05, 0.1) is 92.6 Å². The fourth-order valence-corrected chi connectivity index (χ4v) is 13.7. The van der Waals surface area contributed by atoms with Crippen molar-refractivity contribution in [2.24, 2.45) is 0 Å². The number of nitrogens with one attached hydrogen (secondary N) is 8. The van der Waals surface area contributed by atoms with E-state index in [0.717, 1.165) is 143 Å². The lowest BCUT2D eigenvalue weighted by atomic mass is 9.97. The summed E-state index contributed by atoms with van der Waals surface area (Å²) in [6, 6.07) is 0. The molecule has 106 heavy (non-hydrogen) atoms. The third kappa shape index (κ3) is 68.8. The van der Waals surface area contributed by atoms with Crippen molar-refractivity contribution in [2.75, 3.05) is 78.5 Å². The maximum atomic E-state index is 5.88. The van der Waals surface area contributed by atoms with Crippen LogP contribution in [0.15, 0.2) is 0 Å². The average molecular weight is 1510 g/mol. The third-order valence-corrected chi connectivity index (χ3v) is 17.4. The van der Waals surface area contributed by atoms with E-state index in [2.05, 4.69) is 250 Å². The Kier molecular flexibility index (Phi) is 51.4. The van der Waals surface area contributed by atoms with Crippen LogP contribution in [0.2, 0.25) is 0 Å². The summed E-state index contributed by atoms with van der Waals surface area (Å²) in [6.07, 6.45) is 36.8. The Bertz CT molecular complexity index is 1690. The van der Waals surface area contributed by atoms with E-state index in [1.165, 1.54) is 103 Å². The van der Waals surface area contributed by atoms with Gasteiger partial charge in [0.2, 0.25) is 0 Å². The molecule has 636 valence electrons. The maximum absolute atomic E-state index is 5.88. The minimum atomic E-state index is -0.00495. The molecular formula is C88H184N8O10. The van der Waals surface area contributed by atoms with E-state index in [9.17, 15) is 0 Å². The molecule has 0 radical (unpaired) electrons. The van der Waals surface area contributed by atoms with Crippen LogP contribution in [0.5, 0.6) is 0 Å². The average Bonchev–Trinajstić information content (AvgIpc) is 1.29. The minimum Gasteiger partial charge on any atom is -0.373 e. The van der Waals surface area contributed by atoms with Crippen molar-refractivity contribution < 1.29 is 47.4 Å². The zero-order chi connectivity index (χ0) is 80.4. The van der Waals surface area contributed by atoms with Crippen LogP contribution in [-0.4, -0.2) is 196 Å². The molecule has 10 fully saturated rings. The molecule has 8 heterocycles. The smallest absolute Gasteiger partial charge is 0.108 e. The number of hydrogen-bond acceptors (Lipinski definition) is 18. The predicted molar refractivity (Wildman–Crippen MR) is 450 cm³/mol. The second-order valence-electron chi connectivity index (χ2n) is 41.0. The molecule has 0 amide bonds. The molecule has 6 atom stereocenters. The van der Waals surface area contributed by atoms with Gasteiger partial charge in [-0.3, -0.25) is 21.3 Å². The van der Waals surface area contributed by atoms with Crippen LogP contribution < -0.4 is 42.5 Å². The molecule has 18 nitrogen and oxygen atoms in total. The van der Waals surface area contributed by atoms with Gasteiger partial charge in [-0.25, -0.2) is 0 Å². The molecule has 0 unspecified atom stereocenters. The van der Waals surface area contributed by atoms with Gasteiger partial charge >= 0.3 is 0 Å². The van der Waals surface area contributed by atoms with E-state index >= 15 is 0 Å². The van der Waals surface area contributed by atoms with E-state index in [1.807, 2.05) is 0 Å². The van der Waals surface area contributed by atoms with Crippen LogP contribution in [0.4, 0.5) is 0 Å². The summed E-state index contributed by atoms with van der Waals surface area (Å²) in [5.74, 6) is 0. The first kappa shape index (κ1) is 103. The lowest BCUT2D eigenvalue weighted by molar-refractivity contribution is -0.0847. The fraction of sp³-hybridized carbons (Fsp3) is 1.00. The second-order valence-corrected chi connectivity index (χ2v) is 41.0. The van der Waals surface area contributed by atoms with Crippen LogP contribution >= 0.6 is 0 Å². The van der Waals surface area contributed by atoms with E-state index < -0.39 is 0 Å². The highest BCUT2D eigenvalue weighted by Crippen LogP contribution is 2.27. The van der Waals surface area contributed by atoms with E-state index in [-0.39, 0.29) is 56.0 Å². The zero-order valence-corrected chi connectivity index (χ0v) is 75.7. The number of ether oxygens (including phenoxy) is 10. The normalized spacial score (nSPS) is 25.1. The predicted octanol–water partition coefficient (Wildman–Crippen LogP) is 18.5. The molecule has 8 N–H and O–H groups in total. The van der Waals surface area contributed by atoms with Crippen LogP contribution in [0.1, 0.15) is 375 Å². The van der Waals surface area contributed by atoms with Gasteiger partial charge in [-0.15, -0.1) is 0 Å². The molecule has 18 heteroatoms.